The number of benzene rings is 4. The number of hydrogen-bond acceptors (Lipinski definition) is 9. The number of nitrogens with zero attached hydrogens (tertiary/aromatic N) is 2. The van der Waals surface area contributed by atoms with Crippen LogP contribution in [0.25, 0.3) is 0 Å². The zero-order valence-electron chi connectivity index (χ0n) is 32.6. The minimum Gasteiger partial charge on any atom is -0.497 e. The van der Waals surface area contributed by atoms with Gasteiger partial charge < -0.3 is 29.2 Å². The molecule has 12 heteroatoms. The van der Waals surface area contributed by atoms with Gasteiger partial charge in [0.25, 0.3) is 11.8 Å². The van der Waals surface area contributed by atoms with Crippen molar-refractivity contribution in [2.45, 2.75) is 62.7 Å². The maximum atomic E-state index is 14.0. The molecule has 4 aromatic carbocycles. The van der Waals surface area contributed by atoms with Crippen LogP contribution < -0.4 is 14.8 Å². The highest BCUT2D eigenvalue weighted by Gasteiger charge is 2.43. The molecule has 2 atom stereocenters. The van der Waals surface area contributed by atoms with Crippen molar-refractivity contribution in [2.75, 3.05) is 41.0 Å². The first-order valence-corrected chi connectivity index (χ1v) is 19.3. The third-order valence-electron chi connectivity index (χ3n) is 10.6. The van der Waals surface area contributed by atoms with E-state index in [1.807, 2.05) is 78.9 Å². The molecule has 0 aromatic heterocycles. The van der Waals surface area contributed by atoms with Crippen LogP contribution in [0.5, 0.6) is 11.5 Å². The highest BCUT2D eigenvalue weighted by molar-refractivity contribution is 6.21. The predicted octanol–water partition coefficient (Wildman–Crippen LogP) is 5.91. The van der Waals surface area contributed by atoms with E-state index in [2.05, 4.69) is 5.32 Å². The second kappa shape index (κ2) is 18.8. The molecule has 0 radical (unpaired) electrons. The molecular formula is C45H49N3O9. The number of hydrogen-bond donors (Lipinski definition) is 1. The summed E-state index contributed by atoms with van der Waals surface area (Å²) in [6.45, 7) is 0.550. The molecule has 0 saturated carbocycles. The maximum Gasteiger partial charge on any atom is 0.306 e. The van der Waals surface area contributed by atoms with Crippen molar-refractivity contribution in [3.05, 3.63) is 131 Å². The first kappa shape index (κ1) is 40.6. The number of unbranched alkanes of at least 4 members (excludes halogenated alkanes) is 2. The molecule has 2 heterocycles. The number of esters is 1. The van der Waals surface area contributed by atoms with E-state index in [0.29, 0.717) is 48.3 Å². The molecule has 0 bridgehead atoms. The van der Waals surface area contributed by atoms with E-state index in [0.717, 1.165) is 16.7 Å². The van der Waals surface area contributed by atoms with Gasteiger partial charge in [-0.3, -0.25) is 28.9 Å². The molecule has 4 aromatic rings. The van der Waals surface area contributed by atoms with E-state index in [1.165, 1.54) is 11.9 Å². The van der Waals surface area contributed by atoms with E-state index in [4.69, 9.17) is 18.9 Å². The largest absolute Gasteiger partial charge is 0.497 e. The lowest BCUT2D eigenvalue weighted by Gasteiger charge is -2.38. The molecule has 0 unspecified atom stereocenters. The number of imide groups is 1. The fraction of sp³-hybridized carbons (Fsp3) is 0.356. The third-order valence-corrected chi connectivity index (χ3v) is 10.6. The Kier molecular flexibility index (Phi) is 13.4. The van der Waals surface area contributed by atoms with Gasteiger partial charge in [-0.25, -0.2) is 0 Å². The average Bonchev–Trinajstić information content (AvgIpc) is 3.77. The van der Waals surface area contributed by atoms with Crippen LogP contribution in [0.4, 0.5) is 0 Å². The maximum absolute atomic E-state index is 14.0. The van der Waals surface area contributed by atoms with Gasteiger partial charge in [0.05, 0.1) is 51.0 Å². The van der Waals surface area contributed by atoms with E-state index >= 15 is 0 Å². The van der Waals surface area contributed by atoms with Gasteiger partial charge >= 0.3 is 5.97 Å². The number of fused-ring (bicyclic) bond motifs is 1. The van der Waals surface area contributed by atoms with E-state index in [9.17, 15) is 24.0 Å². The first-order valence-electron chi connectivity index (χ1n) is 19.3. The Labute approximate surface area is 333 Å². The lowest BCUT2D eigenvalue weighted by Crippen LogP contribution is -2.42. The fourth-order valence-corrected chi connectivity index (χ4v) is 7.61. The summed E-state index contributed by atoms with van der Waals surface area (Å²) in [5.74, 6) is -0.107. The SMILES string of the molecule is CNC(=O)CCC(=O)O[C@@H]1C[C@@H](COC(c2ccccc2)(c2ccc(OC)cc2)c2ccc(OC)cc2)N(C(=O)CCCCCN2C(=O)c3ccccc3C2=O)C1. The predicted molar refractivity (Wildman–Crippen MR) is 212 cm³/mol. The van der Waals surface area contributed by atoms with Crippen LogP contribution in [0.15, 0.2) is 103 Å². The molecule has 298 valence electrons. The molecule has 1 fully saturated rings. The quantitative estimate of drug-likeness (QED) is 0.0566. The summed E-state index contributed by atoms with van der Waals surface area (Å²) in [6, 6.07) is 31.6. The van der Waals surface area contributed by atoms with Crippen molar-refractivity contribution in [1.29, 1.82) is 0 Å². The minimum atomic E-state index is -1.12. The Morgan fingerprint density at radius 2 is 1.26 bits per heavy atom. The first-order chi connectivity index (χ1) is 27.7. The number of amides is 4. The van der Waals surface area contributed by atoms with E-state index < -0.39 is 23.7 Å². The molecule has 57 heavy (non-hydrogen) atoms. The van der Waals surface area contributed by atoms with Crippen LogP contribution >= 0.6 is 0 Å². The number of likely N-dealkylation sites (tertiary alicyclic amines) is 1. The zero-order chi connectivity index (χ0) is 40.4. The number of carbonyl (C=O) groups excluding carboxylic acids is 5. The Morgan fingerprint density at radius 1 is 0.702 bits per heavy atom. The summed E-state index contributed by atoms with van der Waals surface area (Å²) >= 11 is 0. The smallest absolute Gasteiger partial charge is 0.306 e. The molecule has 1 N–H and O–H groups in total. The average molecular weight is 776 g/mol. The van der Waals surface area contributed by atoms with Crippen molar-refractivity contribution in [2.24, 2.45) is 0 Å². The van der Waals surface area contributed by atoms with Crippen molar-refractivity contribution in [3.63, 3.8) is 0 Å². The number of nitrogens with one attached hydrogen (secondary N) is 1. The zero-order valence-corrected chi connectivity index (χ0v) is 32.6. The molecule has 0 spiro atoms. The molecule has 1 saturated heterocycles. The Bertz CT molecular complexity index is 1950. The molecule has 6 rings (SSSR count). The van der Waals surface area contributed by atoms with Gasteiger partial charge in [-0.05, 0) is 65.9 Å². The lowest BCUT2D eigenvalue weighted by molar-refractivity contribution is -0.150. The molecule has 4 amide bonds. The van der Waals surface area contributed by atoms with Crippen LogP contribution in [0, 0.1) is 0 Å². The van der Waals surface area contributed by atoms with Crippen LogP contribution in [-0.2, 0) is 29.5 Å². The van der Waals surface area contributed by atoms with Gasteiger partial charge in [0, 0.05) is 32.9 Å². The normalized spacial score (nSPS) is 16.3. The number of carbonyl (C=O) groups is 5. The van der Waals surface area contributed by atoms with Gasteiger partial charge in [0.1, 0.15) is 23.2 Å². The highest BCUT2D eigenvalue weighted by atomic mass is 16.5. The Morgan fingerprint density at radius 3 is 1.82 bits per heavy atom. The molecular weight excluding hydrogens is 727 g/mol. The summed E-state index contributed by atoms with van der Waals surface area (Å²) in [5.41, 5.74) is 2.25. The van der Waals surface area contributed by atoms with E-state index in [-0.39, 0.29) is 62.6 Å². The summed E-state index contributed by atoms with van der Waals surface area (Å²) in [5, 5.41) is 2.51. The monoisotopic (exact) mass is 775 g/mol. The highest BCUT2D eigenvalue weighted by Crippen LogP contribution is 2.42. The van der Waals surface area contributed by atoms with Crippen molar-refractivity contribution in [1.82, 2.24) is 15.1 Å². The van der Waals surface area contributed by atoms with Gasteiger partial charge in [-0.1, -0.05) is 73.2 Å². The summed E-state index contributed by atoms with van der Waals surface area (Å²) in [4.78, 5) is 67.3. The van der Waals surface area contributed by atoms with Crippen LogP contribution in [0.1, 0.15) is 82.4 Å². The van der Waals surface area contributed by atoms with Crippen molar-refractivity contribution in [3.8, 4) is 11.5 Å². The summed E-state index contributed by atoms with van der Waals surface area (Å²) < 4.78 is 24.0. The van der Waals surface area contributed by atoms with Gasteiger partial charge in [-0.2, -0.15) is 0 Å². The lowest BCUT2D eigenvalue weighted by atomic mass is 9.80. The second-order valence-electron chi connectivity index (χ2n) is 14.2. The summed E-state index contributed by atoms with van der Waals surface area (Å²) in [7, 11) is 4.74. The molecule has 0 aliphatic carbocycles. The van der Waals surface area contributed by atoms with Crippen molar-refractivity contribution < 1.29 is 42.9 Å². The Balaban J connectivity index is 1.21. The van der Waals surface area contributed by atoms with Crippen LogP contribution in [0.3, 0.4) is 0 Å². The van der Waals surface area contributed by atoms with Gasteiger partial charge in [0.2, 0.25) is 11.8 Å². The molecule has 12 nitrogen and oxygen atoms in total. The number of ether oxygens (including phenoxy) is 4. The molecule has 2 aliphatic rings. The minimum absolute atomic E-state index is 0.00126. The molecule has 2 aliphatic heterocycles. The number of methoxy groups -OCH3 is 2. The second-order valence-corrected chi connectivity index (χ2v) is 14.2. The van der Waals surface area contributed by atoms with Gasteiger partial charge in [0.15, 0.2) is 0 Å². The van der Waals surface area contributed by atoms with E-state index in [1.54, 1.807) is 43.4 Å². The fourth-order valence-electron chi connectivity index (χ4n) is 7.61. The Hall–Kier alpha value is -6.01. The third kappa shape index (κ3) is 9.18. The van der Waals surface area contributed by atoms with Gasteiger partial charge in [-0.15, -0.1) is 0 Å². The topological polar surface area (TPSA) is 141 Å². The standard InChI is InChI=1S/C45H49N3O9/c1-46-40(49)25-26-42(51)57-37-28-34(48(29-37)41(50)16-8-5-11-27-47-43(52)38-14-9-10-15-39(38)44(47)53)30-56-45(31-12-6-4-7-13-31,32-17-21-35(54-2)22-18-32)33-19-23-36(55-3)24-20-33/h4,6-7,9-10,12-15,17-24,34,37H,5,8,11,16,25-30H2,1-3H3,(H,46,49)/t34-,37+/m0/s1. The van der Waals surface area contributed by atoms with Crippen LogP contribution in [-0.4, -0.2) is 92.5 Å². The number of rotatable bonds is 18. The van der Waals surface area contributed by atoms with Crippen LogP contribution in [0.2, 0.25) is 0 Å². The summed E-state index contributed by atoms with van der Waals surface area (Å²) in [6.07, 6.45) is 1.60. The van der Waals surface area contributed by atoms with Crippen molar-refractivity contribution >= 4 is 29.6 Å².